The third-order valence-electron chi connectivity index (χ3n) is 3.84. The van der Waals surface area contributed by atoms with Crippen LogP contribution >= 0.6 is 0 Å². The van der Waals surface area contributed by atoms with E-state index in [2.05, 4.69) is 0 Å². The van der Waals surface area contributed by atoms with Gasteiger partial charge in [-0.25, -0.2) is 4.79 Å². The molecular weight excluding hydrogens is 334 g/mol. The third-order valence-corrected chi connectivity index (χ3v) is 3.84. The third kappa shape index (κ3) is 4.86. The van der Waals surface area contributed by atoms with Crippen LogP contribution in [0.25, 0.3) is 6.08 Å². The summed E-state index contributed by atoms with van der Waals surface area (Å²) in [5.41, 5.74) is 1.74. The first kappa shape index (κ1) is 19.1. The fraction of sp³-hybridized carbons (Fsp3) is 0.200. The second kappa shape index (κ2) is 8.71. The van der Waals surface area contributed by atoms with E-state index in [0.29, 0.717) is 5.56 Å². The maximum atomic E-state index is 12.3. The second-order valence-electron chi connectivity index (χ2n) is 5.64. The molecule has 0 saturated carbocycles. The lowest BCUT2D eigenvalue weighted by atomic mass is 10.0. The van der Waals surface area contributed by atoms with Crippen LogP contribution in [-0.4, -0.2) is 22.8 Å². The molecule has 0 saturated heterocycles. The number of rotatable bonds is 7. The topological polar surface area (TPSA) is 86.5 Å². The molecule has 6 heteroatoms. The summed E-state index contributed by atoms with van der Waals surface area (Å²) in [5, 5.41) is 10.9. The lowest BCUT2D eigenvalue weighted by Gasteiger charge is -2.11. The lowest BCUT2D eigenvalue weighted by molar-refractivity contribution is -0.385. The number of carbonyl (C=O) groups is 2. The van der Waals surface area contributed by atoms with Crippen molar-refractivity contribution in [1.29, 1.82) is 0 Å². The van der Waals surface area contributed by atoms with Gasteiger partial charge in [-0.2, -0.15) is 0 Å². The maximum Gasteiger partial charge on any atom is 0.331 e. The number of para-hydroxylation sites is 1. The van der Waals surface area contributed by atoms with E-state index >= 15 is 0 Å². The molecular formula is C20H19NO5. The molecule has 0 radical (unpaired) electrons. The minimum Gasteiger partial charge on any atom is -0.451 e. The Balaban J connectivity index is 2.02. The number of aryl methyl sites for hydroxylation is 1. The fourth-order valence-electron chi connectivity index (χ4n) is 2.36. The van der Waals surface area contributed by atoms with Crippen LogP contribution in [0, 0.1) is 10.1 Å². The zero-order chi connectivity index (χ0) is 19.1. The molecule has 0 aromatic heterocycles. The summed E-state index contributed by atoms with van der Waals surface area (Å²) < 4.78 is 5.10. The number of hydrogen-bond acceptors (Lipinski definition) is 5. The molecule has 0 fully saturated rings. The van der Waals surface area contributed by atoms with Crippen molar-refractivity contribution in [2.75, 3.05) is 0 Å². The van der Waals surface area contributed by atoms with Gasteiger partial charge in [-0.05, 0) is 31.1 Å². The molecule has 0 heterocycles. The second-order valence-corrected chi connectivity index (χ2v) is 5.64. The van der Waals surface area contributed by atoms with E-state index in [1.807, 2.05) is 19.1 Å². The van der Waals surface area contributed by atoms with Crippen LogP contribution < -0.4 is 0 Å². The van der Waals surface area contributed by atoms with Gasteiger partial charge in [-0.1, -0.05) is 43.3 Å². The van der Waals surface area contributed by atoms with Gasteiger partial charge in [-0.3, -0.25) is 14.9 Å². The Morgan fingerprint density at radius 1 is 1.15 bits per heavy atom. The van der Waals surface area contributed by atoms with Crippen molar-refractivity contribution < 1.29 is 19.2 Å². The van der Waals surface area contributed by atoms with Crippen molar-refractivity contribution in [2.45, 2.75) is 26.4 Å². The number of benzene rings is 2. The van der Waals surface area contributed by atoms with Gasteiger partial charge in [0, 0.05) is 17.7 Å². The fourth-order valence-corrected chi connectivity index (χ4v) is 2.36. The molecule has 6 nitrogen and oxygen atoms in total. The van der Waals surface area contributed by atoms with Crippen LogP contribution in [0.5, 0.6) is 0 Å². The number of Topliss-reactive ketones (excluding diaryl/α,β-unsaturated/α-hetero) is 1. The highest BCUT2D eigenvalue weighted by molar-refractivity contribution is 6.01. The molecule has 0 N–H and O–H groups in total. The minimum atomic E-state index is -0.953. The molecule has 0 amide bonds. The normalized spacial score (nSPS) is 11.9. The highest BCUT2D eigenvalue weighted by Gasteiger charge is 2.18. The van der Waals surface area contributed by atoms with E-state index in [1.165, 1.54) is 25.1 Å². The number of esters is 1. The Morgan fingerprint density at radius 2 is 1.81 bits per heavy atom. The number of ether oxygens (including phenoxy) is 1. The van der Waals surface area contributed by atoms with E-state index in [9.17, 15) is 19.7 Å². The average Bonchev–Trinajstić information content (AvgIpc) is 2.66. The number of nitro groups is 1. The van der Waals surface area contributed by atoms with Crippen molar-refractivity contribution in [3.05, 3.63) is 81.4 Å². The molecule has 0 bridgehead atoms. The molecule has 1 unspecified atom stereocenters. The number of carbonyl (C=O) groups excluding carboxylic acids is 2. The van der Waals surface area contributed by atoms with E-state index < -0.39 is 17.0 Å². The predicted molar refractivity (Wildman–Crippen MR) is 97.8 cm³/mol. The summed E-state index contributed by atoms with van der Waals surface area (Å²) in [6, 6.07) is 13.2. The van der Waals surface area contributed by atoms with Gasteiger partial charge in [0.2, 0.25) is 5.78 Å². The monoisotopic (exact) mass is 353 g/mol. The number of ketones is 1. The molecule has 0 aliphatic heterocycles. The van der Waals surface area contributed by atoms with Gasteiger partial charge >= 0.3 is 5.97 Å². The van der Waals surface area contributed by atoms with Crippen LogP contribution in [0.2, 0.25) is 0 Å². The number of nitrogens with zero attached hydrogens (tertiary/aromatic N) is 1. The van der Waals surface area contributed by atoms with Gasteiger partial charge < -0.3 is 4.74 Å². The molecule has 2 rings (SSSR count). The van der Waals surface area contributed by atoms with Crippen molar-refractivity contribution in [3.8, 4) is 0 Å². The minimum absolute atomic E-state index is 0.114. The summed E-state index contributed by atoms with van der Waals surface area (Å²) in [6.45, 7) is 3.51. The zero-order valence-corrected chi connectivity index (χ0v) is 14.5. The van der Waals surface area contributed by atoms with Crippen molar-refractivity contribution in [2.24, 2.45) is 0 Å². The summed E-state index contributed by atoms with van der Waals surface area (Å²) in [7, 11) is 0. The van der Waals surface area contributed by atoms with Gasteiger partial charge in [0.1, 0.15) is 0 Å². The first-order chi connectivity index (χ1) is 12.4. The lowest BCUT2D eigenvalue weighted by Crippen LogP contribution is -2.23. The Labute approximate surface area is 151 Å². The predicted octanol–water partition coefficient (Wildman–Crippen LogP) is 3.99. The first-order valence-corrected chi connectivity index (χ1v) is 8.17. The highest BCUT2D eigenvalue weighted by Crippen LogP contribution is 2.19. The van der Waals surface area contributed by atoms with Crippen LogP contribution in [0.15, 0.2) is 54.6 Å². The SMILES string of the molecule is CCc1ccc(C(=O)C(C)OC(=O)C=Cc2ccccc2[N+](=O)[O-])cc1. The quantitative estimate of drug-likeness (QED) is 0.247. The Bertz CT molecular complexity index is 840. The van der Waals surface area contributed by atoms with Gasteiger partial charge in [0.15, 0.2) is 6.10 Å². The molecule has 0 aliphatic carbocycles. The Kier molecular flexibility index (Phi) is 6.38. The standard InChI is InChI=1S/C20H19NO5/c1-3-15-8-10-17(11-9-15)20(23)14(2)26-19(22)13-12-16-6-4-5-7-18(16)21(24)25/h4-14H,3H2,1-2H3. The Morgan fingerprint density at radius 3 is 2.42 bits per heavy atom. The van der Waals surface area contributed by atoms with E-state index in [-0.39, 0.29) is 17.0 Å². The van der Waals surface area contributed by atoms with Crippen LogP contribution in [0.3, 0.4) is 0 Å². The number of nitro benzene ring substituents is 1. The van der Waals surface area contributed by atoms with Gasteiger partial charge in [0.05, 0.1) is 10.5 Å². The molecule has 134 valence electrons. The smallest absolute Gasteiger partial charge is 0.331 e. The van der Waals surface area contributed by atoms with Crippen molar-refractivity contribution in [1.82, 2.24) is 0 Å². The van der Waals surface area contributed by atoms with Crippen LogP contribution in [0.1, 0.15) is 35.3 Å². The molecule has 1 atom stereocenters. The van der Waals surface area contributed by atoms with E-state index in [1.54, 1.807) is 24.3 Å². The molecule has 26 heavy (non-hydrogen) atoms. The molecule has 2 aromatic rings. The van der Waals surface area contributed by atoms with Gasteiger partial charge in [-0.15, -0.1) is 0 Å². The van der Waals surface area contributed by atoms with Gasteiger partial charge in [0.25, 0.3) is 5.69 Å². The molecule has 0 spiro atoms. The highest BCUT2D eigenvalue weighted by atomic mass is 16.6. The summed E-state index contributed by atoms with van der Waals surface area (Å²) in [4.78, 5) is 34.6. The molecule has 2 aromatic carbocycles. The largest absolute Gasteiger partial charge is 0.451 e. The zero-order valence-electron chi connectivity index (χ0n) is 14.5. The van der Waals surface area contributed by atoms with Crippen LogP contribution in [-0.2, 0) is 16.0 Å². The Hall–Kier alpha value is -3.28. The first-order valence-electron chi connectivity index (χ1n) is 8.17. The summed E-state index contributed by atoms with van der Waals surface area (Å²) in [6.07, 6.45) is 2.29. The van der Waals surface area contributed by atoms with Crippen molar-refractivity contribution in [3.63, 3.8) is 0 Å². The van der Waals surface area contributed by atoms with E-state index in [4.69, 9.17) is 4.74 Å². The average molecular weight is 353 g/mol. The molecule has 0 aliphatic rings. The van der Waals surface area contributed by atoms with Crippen LogP contribution in [0.4, 0.5) is 5.69 Å². The summed E-state index contributed by atoms with van der Waals surface area (Å²) >= 11 is 0. The van der Waals surface area contributed by atoms with E-state index in [0.717, 1.165) is 18.1 Å². The maximum absolute atomic E-state index is 12.3. The van der Waals surface area contributed by atoms with Crippen molar-refractivity contribution >= 4 is 23.5 Å². The summed E-state index contributed by atoms with van der Waals surface area (Å²) in [5.74, 6) is -1.05. The number of hydrogen-bond donors (Lipinski definition) is 0.